The lowest BCUT2D eigenvalue weighted by molar-refractivity contribution is 0.229. The topological polar surface area (TPSA) is 77.2 Å². The number of carbonyl (C=O) groups is 1. The monoisotopic (exact) mass is 233 g/mol. The largest absolute Gasteiger partial charge is 0.394 e. The molecular formula is C12H15N3O2. The second kappa shape index (κ2) is 4.88. The number of benzene rings is 1. The molecule has 0 bridgehead atoms. The molecular weight excluding hydrogens is 218 g/mol. The normalized spacial score (nSPS) is 12.4. The minimum absolute atomic E-state index is 0.0791. The van der Waals surface area contributed by atoms with Crippen LogP contribution in [0.25, 0.3) is 10.9 Å². The Kier molecular flexibility index (Phi) is 3.30. The van der Waals surface area contributed by atoms with Crippen molar-refractivity contribution in [3.63, 3.8) is 0 Å². The maximum absolute atomic E-state index is 11.5. The maximum Gasteiger partial charge on any atom is 0.319 e. The Balaban J connectivity index is 2.05. The number of urea groups is 1. The van der Waals surface area contributed by atoms with Crippen LogP contribution in [0, 0.1) is 0 Å². The molecule has 0 spiro atoms. The number of H-pyrrole nitrogens is 1. The molecule has 0 radical (unpaired) electrons. The van der Waals surface area contributed by atoms with E-state index in [1.807, 2.05) is 30.5 Å². The summed E-state index contributed by atoms with van der Waals surface area (Å²) in [5.41, 5.74) is 1.75. The lowest BCUT2D eigenvalue weighted by Crippen LogP contribution is -2.38. The van der Waals surface area contributed by atoms with Crippen LogP contribution in [0.5, 0.6) is 0 Å². The third kappa shape index (κ3) is 2.76. The summed E-state index contributed by atoms with van der Waals surface area (Å²) in [5.74, 6) is 0. The highest BCUT2D eigenvalue weighted by Crippen LogP contribution is 2.17. The van der Waals surface area contributed by atoms with Crippen molar-refractivity contribution in [1.82, 2.24) is 10.3 Å². The Morgan fingerprint density at radius 2 is 2.29 bits per heavy atom. The number of rotatable bonds is 3. The first-order valence-corrected chi connectivity index (χ1v) is 5.44. The Morgan fingerprint density at radius 1 is 1.47 bits per heavy atom. The van der Waals surface area contributed by atoms with Gasteiger partial charge in [-0.25, -0.2) is 4.79 Å². The molecule has 1 heterocycles. The minimum atomic E-state index is -0.318. The van der Waals surface area contributed by atoms with Gasteiger partial charge >= 0.3 is 6.03 Å². The van der Waals surface area contributed by atoms with E-state index in [0.29, 0.717) is 0 Å². The first kappa shape index (κ1) is 11.5. The third-order valence-corrected chi connectivity index (χ3v) is 2.46. The Morgan fingerprint density at radius 3 is 3.06 bits per heavy atom. The highest BCUT2D eigenvalue weighted by Gasteiger charge is 2.06. The van der Waals surface area contributed by atoms with E-state index < -0.39 is 0 Å². The van der Waals surface area contributed by atoms with E-state index in [2.05, 4.69) is 15.6 Å². The molecule has 1 unspecified atom stereocenters. The third-order valence-electron chi connectivity index (χ3n) is 2.46. The van der Waals surface area contributed by atoms with Crippen LogP contribution in [0.3, 0.4) is 0 Å². The maximum atomic E-state index is 11.5. The molecule has 0 fully saturated rings. The van der Waals surface area contributed by atoms with Gasteiger partial charge in [-0.2, -0.15) is 0 Å². The van der Waals surface area contributed by atoms with Gasteiger partial charge in [0.15, 0.2) is 0 Å². The molecule has 1 aromatic carbocycles. The van der Waals surface area contributed by atoms with Gasteiger partial charge in [0.1, 0.15) is 0 Å². The number of hydrogen-bond donors (Lipinski definition) is 4. The van der Waals surface area contributed by atoms with Crippen LogP contribution in [0.4, 0.5) is 10.5 Å². The van der Waals surface area contributed by atoms with E-state index in [0.717, 1.165) is 16.6 Å². The van der Waals surface area contributed by atoms with Gasteiger partial charge < -0.3 is 20.7 Å². The van der Waals surface area contributed by atoms with Crippen molar-refractivity contribution in [2.75, 3.05) is 11.9 Å². The number of hydrogen-bond acceptors (Lipinski definition) is 2. The van der Waals surface area contributed by atoms with Crippen LogP contribution in [0.1, 0.15) is 6.92 Å². The lowest BCUT2D eigenvalue weighted by Gasteiger charge is -2.11. The van der Waals surface area contributed by atoms with Crippen molar-refractivity contribution in [3.05, 3.63) is 30.5 Å². The first-order chi connectivity index (χ1) is 8.19. The predicted molar refractivity (Wildman–Crippen MR) is 67.0 cm³/mol. The quantitative estimate of drug-likeness (QED) is 0.650. The standard InChI is InChI=1S/C12H15N3O2/c1-8(7-16)14-12(17)15-10-2-3-11-9(6-10)4-5-13-11/h2-6,8,13,16H,7H2,1H3,(H2,14,15,17). The Hall–Kier alpha value is -2.01. The van der Waals surface area contributed by atoms with Gasteiger partial charge in [-0.3, -0.25) is 0 Å². The molecule has 17 heavy (non-hydrogen) atoms. The first-order valence-electron chi connectivity index (χ1n) is 5.44. The molecule has 0 saturated carbocycles. The Bertz CT molecular complexity index is 521. The highest BCUT2D eigenvalue weighted by atomic mass is 16.3. The molecule has 0 aliphatic rings. The van der Waals surface area contributed by atoms with E-state index >= 15 is 0 Å². The van der Waals surface area contributed by atoms with Gasteiger partial charge in [-0.05, 0) is 31.2 Å². The van der Waals surface area contributed by atoms with Gasteiger partial charge in [-0.1, -0.05) is 0 Å². The molecule has 0 aliphatic carbocycles. The van der Waals surface area contributed by atoms with Crippen LogP contribution in [-0.2, 0) is 0 Å². The Labute approximate surface area is 98.8 Å². The summed E-state index contributed by atoms with van der Waals surface area (Å²) in [6.45, 7) is 1.65. The summed E-state index contributed by atoms with van der Waals surface area (Å²) in [7, 11) is 0. The van der Waals surface area contributed by atoms with Crippen LogP contribution in [0.2, 0.25) is 0 Å². The van der Waals surface area contributed by atoms with E-state index in [4.69, 9.17) is 5.11 Å². The molecule has 1 aromatic heterocycles. The van der Waals surface area contributed by atoms with Crippen LogP contribution in [0.15, 0.2) is 30.5 Å². The lowest BCUT2D eigenvalue weighted by atomic mass is 10.2. The van der Waals surface area contributed by atoms with Crippen molar-refractivity contribution < 1.29 is 9.90 Å². The zero-order valence-corrected chi connectivity index (χ0v) is 9.53. The zero-order valence-electron chi connectivity index (χ0n) is 9.53. The summed E-state index contributed by atoms with van der Waals surface area (Å²) in [4.78, 5) is 14.6. The number of nitrogens with one attached hydrogen (secondary N) is 3. The molecule has 0 saturated heterocycles. The van der Waals surface area contributed by atoms with Crippen LogP contribution >= 0.6 is 0 Å². The number of anilines is 1. The van der Waals surface area contributed by atoms with E-state index in [1.165, 1.54) is 0 Å². The van der Waals surface area contributed by atoms with Crippen molar-refractivity contribution >= 4 is 22.6 Å². The van der Waals surface area contributed by atoms with Crippen LogP contribution in [-0.4, -0.2) is 28.8 Å². The molecule has 5 nitrogen and oxygen atoms in total. The molecule has 1 atom stereocenters. The fraction of sp³-hybridized carbons (Fsp3) is 0.250. The number of aromatic nitrogens is 1. The van der Waals surface area contributed by atoms with E-state index in [-0.39, 0.29) is 18.7 Å². The molecule has 0 aliphatic heterocycles. The van der Waals surface area contributed by atoms with Crippen molar-refractivity contribution in [2.45, 2.75) is 13.0 Å². The van der Waals surface area contributed by atoms with Gasteiger partial charge in [0.2, 0.25) is 0 Å². The van der Waals surface area contributed by atoms with Gasteiger partial charge in [0, 0.05) is 22.8 Å². The summed E-state index contributed by atoms with van der Waals surface area (Å²) < 4.78 is 0. The number of aliphatic hydroxyl groups excluding tert-OH is 1. The average molecular weight is 233 g/mol. The predicted octanol–water partition coefficient (Wildman–Crippen LogP) is 1.67. The fourth-order valence-corrected chi connectivity index (χ4v) is 1.57. The summed E-state index contributed by atoms with van der Waals surface area (Å²) in [6.07, 6.45) is 1.85. The summed E-state index contributed by atoms with van der Waals surface area (Å²) in [6, 6.07) is 6.97. The second-order valence-electron chi connectivity index (χ2n) is 3.96. The molecule has 90 valence electrons. The van der Waals surface area contributed by atoms with E-state index in [1.54, 1.807) is 6.92 Å². The number of aliphatic hydroxyl groups is 1. The fourth-order valence-electron chi connectivity index (χ4n) is 1.57. The number of amides is 2. The number of aromatic amines is 1. The SMILES string of the molecule is CC(CO)NC(=O)Nc1ccc2[nH]ccc2c1. The smallest absolute Gasteiger partial charge is 0.319 e. The zero-order chi connectivity index (χ0) is 12.3. The van der Waals surface area contributed by atoms with Gasteiger partial charge in [0.25, 0.3) is 0 Å². The van der Waals surface area contributed by atoms with Crippen molar-refractivity contribution in [2.24, 2.45) is 0 Å². The van der Waals surface area contributed by atoms with Crippen LogP contribution < -0.4 is 10.6 Å². The van der Waals surface area contributed by atoms with Crippen molar-refractivity contribution in [1.29, 1.82) is 0 Å². The molecule has 2 rings (SSSR count). The summed E-state index contributed by atoms with van der Waals surface area (Å²) >= 11 is 0. The van der Waals surface area contributed by atoms with Crippen molar-refractivity contribution in [3.8, 4) is 0 Å². The number of carbonyl (C=O) groups excluding carboxylic acids is 1. The minimum Gasteiger partial charge on any atom is -0.394 e. The molecule has 2 aromatic rings. The van der Waals surface area contributed by atoms with Gasteiger partial charge in [0.05, 0.1) is 12.6 Å². The summed E-state index contributed by atoms with van der Waals surface area (Å²) in [5, 5.41) is 15.2. The van der Waals surface area contributed by atoms with E-state index in [9.17, 15) is 4.79 Å². The molecule has 2 amide bonds. The molecule has 4 N–H and O–H groups in total. The highest BCUT2D eigenvalue weighted by molar-refractivity contribution is 5.92. The second-order valence-corrected chi connectivity index (χ2v) is 3.96. The number of fused-ring (bicyclic) bond motifs is 1. The average Bonchev–Trinajstić information content (AvgIpc) is 2.75. The van der Waals surface area contributed by atoms with Gasteiger partial charge in [-0.15, -0.1) is 0 Å². The molecule has 5 heteroatoms.